The Balaban J connectivity index is 1.97. The lowest BCUT2D eigenvalue weighted by Gasteiger charge is -2.32. The van der Waals surface area contributed by atoms with Crippen LogP contribution < -0.4 is 10.6 Å². The Bertz CT molecular complexity index is 416. The zero-order chi connectivity index (χ0) is 13.8. The molecule has 0 atom stereocenters. The van der Waals surface area contributed by atoms with E-state index < -0.39 is 0 Å². The van der Waals surface area contributed by atoms with E-state index in [-0.39, 0.29) is 0 Å². The van der Waals surface area contributed by atoms with E-state index in [1.165, 1.54) is 25.9 Å². The van der Waals surface area contributed by atoms with Gasteiger partial charge in [0.2, 0.25) is 0 Å². The molecule has 0 unspecified atom stereocenters. The van der Waals surface area contributed by atoms with E-state index in [9.17, 15) is 0 Å². The summed E-state index contributed by atoms with van der Waals surface area (Å²) in [6.45, 7) is 3.87. The fourth-order valence-electron chi connectivity index (χ4n) is 2.58. The molecule has 4 nitrogen and oxygen atoms in total. The smallest absolute Gasteiger partial charge is 0.147 e. The number of halogens is 1. The lowest BCUT2D eigenvalue weighted by Crippen LogP contribution is -2.36. The third kappa shape index (κ3) is 3.81. The highest BCUT2D eigenvalue weighted by Crippen LogP contribution is 2.25. The van der Waals surface area contributed by atoms with Crippen molar-refractivity contribution < 1.29 is 0 Å². The van der Waals surface area contributed by atoms with Gasteiger partial charge in [0.05, 0.1) is 5.02 Å². The van der Waals surface area contributed by atoms with Crippen LogP contribution in [-0.2, 0) is 6.54 Å². The fourth-order valence-corrected chi connectivity index (χ4v) is 2.91. The maximum absolute atomic E-state index is 6.28. The van der Waals surface area contributed by atoms with Crippen LogP contribution in [0.5, 0.6) is 0 Å². The van der Waals surface area contributed by atoms with Gasteiger partial charge in [-0.2, -0.15) is 0 Å². The van der Waals surface area contributed by atoms with Gasteiger partial charge in [0.25, 0.3) is 0 Å². The van der Waals surface area contributed by atoms with Gasteiger partial charge in [-0.25, -0.2) is 4.98 Å². The second-order valence-electron chi connectivity index (χ2n) is 5.48. The molecule has 0 bridgehead atoms. The third-order valence-corrected chi connectivity index (χ3v) is 4.12. The standard InChI is InChI=1S/C14H23ClN4/c1-18-5-3-11(4-6-18)10-19(2)14-13(15)7-12(8-16)9-17-14/h7,9,11H,3-6,8,10,16H2,1-2H3. The molecule has 1 saturated heterocycles. The Morgan fingerprint density at radius 1 is 1.47 bits per heavy atom. The summed E-state index contributed by atoms with van der Waals surface area (Å²) in [6, 6.07) is 1.91. The summed E-state index contributed by atoms with van der Waals surface area (Å²) < 4.78 is 0. The highest BCUT2D eigenvalue weighted by molar-refractivity contribution is 6.33. The van der Waals surface area contributed by atoms with Crippen molar-refractivity contribution in [1.82, 2.24) is 9.88 Å². The number of aromatic nitrogens is 1. The van der Waals surface area contributed by atoms with Gasteiger partial charge in [0.1, 0.15) is 5.82 Å². The number of likely N-dealkylation sites (tertiary alicyclic amines) is 1. The van der Waals surface area contributed by atoms with Crippen molar-refractivity contribution in [3.8, 4) is 0 Å². The number of hydrogen-bond donors (Lipinski definition) is 1. The van der Waals surface area contributed by atoms with Crippen LogP contribution in [0.4, 0.5) is 5.82 Å². The average Bonchev–Trinajstić information content (AvgIpc) is 2.41. The summed E-state index contributed by atoms with van der Waals surface area (Å²) in [4.78, 5) is 8.98. The number of nitrogens with two attached hydrogens (primary N) is 1. The average molecular weight is 283 g/mol. The second-order valence-corrected chi connectivity index (χ2v) is 5.89. The maximum Gasteiger partial charge on any atom is 0.147 e. The predicted molar refractivity (Wildman–Crippen MR) is 80.6 cm³/mol. The van der Waals surface area contributed by atoms with Gasteiger partial charge >= 0.3 is 0 Å². The van der Waals surface area contributed by atoms with E-state index in [4.69, 9.17) is 17.3 Å². The van der Waals surface area contributed by atoms with Crippen LogP contribution in [0.25, 0.3) is 0 Å². The summed E-state index contributed by atoms with van der Waals surface area (Å²) >= 11 is 6.28. The molecule has 106 valence electrons. The molecule has 0 spiro atoms. The molecule has 0 amide bonds. The van der Waals surface area contributed by atoms with Crippen LogP contribution in [0.15, 0.2) is 12.3 Å². The van der Waals surface area contributed by atoms with Crippen LogP contribution in [-0.4, -0.2) is 43.6 Å². The number of rotatable bonds is 4. The third-order valence-electron chi connectivity index (χ3n) is 3.85. The van der Waals surface area contributed by atoms with Gasteiger partial charge in [0.15, 0.2) is 0 Å². The molecule has 0 radical (unpaired) electrons. The molecule has 2 heterocycles. The molecule has 0 aliphatic carbocycles. The van der Waals surface area contributed by atoms with Crippen molar-refractivity contribution in [2.24, 2.45) is 11.7 Å². The van der Waals surface area contributed by atoms with Crippen LogP contribution >= 0.6 is 11.6 Å². The quantitative estimate of drug-likeness (QED) is 0.917. The van der Waals surface area contributed by atoms with Gasteiger partial charge < -0.3 is 15.5 Å². The molecule has 5 heteroatoms. The number of piperidine rings is 1. The predicted octanol–water partition coefficient (Wildman–Crippen LogP) is 1.97. The summed E-state index contributed by atoms with van der Waals surface area (Å²) in [5, 5.41) is 0.693. The van der Waals surface area contributed by atoms with Crippen LogP contribution in [0.2, 0.25) is 5.02 Å². The van der Waals surface area contributed by atoms with Gasteiger partial charge in [-0.3, -0.25) is 0 Å². The van der Waals surface area contributed by atoms with Gasteiger partial charge in [-0.05, 0) is 50.5 Å². The Kier molecular flexibility index (Phi) is 5.02. The minimum absolute atomic E-state index is 0.478. The van der Waals surface area contributed by atoms with E-state index in [0.717, 1.165) is 23.8 Å². The summed E-state index contributed by atoms with van der Waals surface area (Å²) in [7, 11) is 4.25. The largest absolute Gasteiger partial charge is 0.358 e. The Hall–Kier alpha value is -0.840. The highest BCUT2D eigenvalue weighted by atomic mass is 35.5. The van der Waals surface area contributed by atoms with E-state index in [0.29, 0.717) is 11.6 Å². The summed E-state index contributed by atoms with van der Waals surface area (Å²) in [5.74, 6) is 1.59. The molecule has 0 aromatic carbocycles. The van der Waals surface area contributed by atoms with Gasteiger partial charge in [0, 0.05) is 26.3 Å². The molecule has 1 aliphatic heterocycles. The van der Waals surface area contributed by atoms with Crippen LogP contribution in [0, 0.1) is 5.92 Å². The van der Waals surface area contributed by atoms with Gasteiger partial charge in [-0.15, -0.1) is 0 Å². The molecule has 1 aromatic heterocycles. The van der Waals surface area contributed by atoms with Crippen molar-refractivity contribution in [2.45, 2.75) is 19.4 Å². The molecule has 19 heavy (non-hydrogen) atoms. The first-order valence-electron chi connectivity index (χ1n) is 6.84. The molecule has 2 N–H and O–H groups in total. The minimum Gasteiger partial charge on any atom is -0.358 e. The van der Waals surface area contributed by atoms with Crippen molar-refractivity contribution in [3.05, 3.63) is 22.8 Å². The first-order chi connectivity index (χ1) is 9.10. The van der Waals surface area contributed by atoms with E-state index in [1.54, 1.807) is 0 Å². The highest BCUT2D eigenvalue weighted by Gasteiger charge is 2.19. The number of nitrogens with zero attached hydrogens (tertiary/aromatic N) is 3. The second kappa shape index (κ2) is 6.55. The Morgan fingerprint density at radius 3 is 2.74 bits per heavy atom. The lowest BCUT2D eigenvalue weighted by molar-refractivity contribution is 0.222. The van der Waals surface area contributed by atoms with Crippen molar-refractivity contribution in [2.75, 3.05) is 38.6 Å². The normalized spacial score (nSPS) is 17.7. The van der Waals surface area contributed by atoms with Crippen molar-refractivity contribution >= 4 is 17.4 Å². The van der Waals surface area contributed by atoms with E-state index in [1.807, 2.05) is 12.3 Å². The van der Waals surface area contributed by atoms with E-state index >= 15 is 0 Å². The van der Waals surface area contributed by atoms with Gasteiger partial charge in [-0.1, -0.05) is 11.6 Å². The SMILES string of the molecule is CN1CCC(CN(C)c2ncc(CN)cc2Cl)CC1. The summed E-state index contributed by atoms with van der Waals surface area (Å²) in [6.07, 6.45) is 4.31. The molecule has 0 saturated carbocycles. The van der Waals surface area contributed by atoms with E-state index in [2.05, 4.69) is 28.9 Å². The first-order valence-corrected chi connectivity index (χ1v) is 7.22. The molecule has 1 aromatic rings. The summed E-state index contributed by atoms with van der Waals surface area (Å²) in [5.41, 5.74) is 6.56. The molecule has 1 fully saturated rings. The van der Waals surface area contributed by atoms with Crippen LogP contribution in [0.3, 0.4) is 0 Å². The molecular formula is C14H23ClN4. The van der Waals surface area contributed by atoms with Crippen molar-refractivity contribution in [1.29, 1.82) is 0 Å². The number of hydrogen-bond acceptors (Lipinski definition) is 4. The minimum atomic E-state index is 0.478. The Morgan fingerprint density at radius 2 is 2.16 bits per heavy atom. The monoisotopic (exact) mass is 282 g/mol. The zero-order valence-electron chi connectivity index (χ0n) is 11.8. The Labute approximate surface area is 120 Å². The van der Waals surface area contributed by atoms with Crippen LogP contribution in [0.1, 0.15) is 18.4 Å². The molecule has 2 rings (SSSR count). The maximum atomic E-state index is 6.28. The zero-order valence-corrected chi connectivity index (χ0v) is 12.5. The first kappa shape index (κ1) is 14.6. The number of pyridine rings is 1. The van der Waals surface area contributed by atoms with Crippen molar-refractivity contribution in [3.63, 3.8) is 0 Å². The topological polar surface area (TPSA) is 45.4 Å². The lowest BCUT2D eigenvalue weighted by atomic mass is 9.97. The molecule has 1 aliphatic rings. The number of anilines is 1. The fraction of sp³-hybridized carbons (Fsp3) is 0.643. The molecular weight excluding hydrogens is 260 g/mol.